The van der Waals surface area contributed by atoms with Gasteiger partial charge < -0.3 is 4.52 Å². The molecule has 0 bridgehead atoms. The number of halogens is 1. The van der Waals surface area contributed by atoms with Gasteiger partial charge in [-0.05, 0) is 37.1 Å². The fraction of sp³-hybridized carbons (Fsp3) is 0.278. The number of likely N-dealkylation sites (tertiary alicyclic amines) is 1. The van der Waals surface area contributed by atoms with Crippen molar-refractivity contribution in [2.24, 2.45) is 0 Å². The molecule has 5 nitrogen and oxygen atoms in total. The van der Waals surface area contributed by atoms with Crippen LogP contribution in [0.1, 0.15) is 30.3 Å². The van der Waals surface area contributed by atoms with E-state index in [1.54, 1.807) is 6.07 Å². The van der Waals surface area contributed by atoms with E-state index in [0.29, 0.717) is 17.4 Å². The van der Waals surface area contributed by atoms with Crippen LogP contribution in [-0.4, -0.2) is 26.6 Å². The van der Waals surface area contributed by atoms with Crippen LogP contribution in [0.3, 0.4) is 0 Å². The van der Waals surface area contributed by atoms with E-state index in [2.05, 4.69) is 32.2 Å². The summed E-state index contributed by atoms with van der Waals surface area (Å²) >= 11 is 0. The Morgan fingerprint density at radius 1 is 1.17 bits per heavy atom. The van der Waals surface area contributed by atoms with Crippen LogP contribution in [0.15, 0.2) is 53.2 Å². The van der Waals surface area contributed by atoms with Gasteiger partial charge in [-0.1, -0.05) is 35.5 Å². The van der Waals surface area contributed by atoms with E-state index in [1.807, 2.05) is 18.2 Å². The van der Waals surface area contributed by atoms with Crippen molar-refractivity contribution in [3.8, 4) is 11.5 Å². The first-order valence-electron chi connectivity index (χ1n) is 8.03. The van der Waals surface area contributed by atoms with Gasteiger partial charge in [-0.3, -0.25) is 4.90 Å². The Balaban J connectivity index is 1.53. The predicted molar refractivity (Wildman–Crippen MR) is 86.3 cm³/mol. The summed E-state index contributed by atoms with van der Waals surface area (Å²) in [5.74, 6) is 0.619. The summed E-state index contributed by atoms with van der Waals surface area (Å²) in [6, 6.07) is 13.4. The van der Waals surface area contributed by atoms with Crippen LogP contribution in [0.2, 0.25) is 0 Å². The highest BCUT2D eigenvalue weighted by Gasteiger charge is 2.30. The molecule has 1 aromatic carbocycles. The molecule has 122 valence electrons. The van der Waals surface area contributed by atoms with Crippen LogP contribution in [0.4, 0.5) is 4.39 Å². The molecule has 1 fully saturated rings. The second kappa shape index (κ2) is 6.49. The Morgan fingerprint density at radius 3 is 2.83 bits per heavy atom. The monoisotopic (exact) mass is 324 g/mol. The molecule has 2 aromatic heterocycles. The van der Waals surface area contributed by atoms with E-state index in [4.69, 9.17) is 4.52 Å². The van der Waals surface area contributed by atoms with Crippen LogP contribution in [0.25, 0.3) is 11.5 Å². The topological polar surface area (TPSA) is 55.1 Å². The fourth-order valence-corrected chi connectivity index (χ4v) is 3.10. The molecule has 1 aliphatic heterocycles. The number of nitrogens with zero attached hydrogens (tertiary/aromatic N) is 4. The van der Waals surface area contributed by atoms with E-state index in [9.17, 15) is 4.39 Å². The number of hydrogen-bond acceptors (Lipinski definition) is 5. The van der Waals surface area contributed by atoms with Crippen LogP contribution in [-0.2, 0) is 6.54 Å². The molecule has 1 saturated heterocycles. The lowest BCUT2D eigenvalue weighted by Crippen LogP contribution is -2.22. The SMILES string of the molecule is Fc1ccc(-c2noc(C3CCCN3Cc3ccccc3)n2)nc1. The van der Waals surface area contributed by atoms with Crippen molar-refractivity contribution in [3.05, 3.63) is 65.9 Å². The van der Waals surface area contributed by atoms with Gasteiger partial charge in [0.05, 0.1) is 12.2 Å². The first kappa shape index (κ1) is 15.0. The lowest BCUT2D eigenvalue weighted by Gasteiger charge is -2.21. The molecule has 1 unspecified atom stereocenters. The highest BCUT2D eigenvalue weighted by molar-refractivity contribution is 5.47. The highest BCUT2D eigenvalue weighted by atomic mass is 19.1. The van der Waals surface area contributed by atoms with Crippen LogP contribution >= 0.6 is 0 Å². The van der Waals surface area contributed by atoms with E-state index < -0.39 is 0 Å². The standard InChI is InChI=1S/C18H17FN4O/c19-14-8-9-15(20-11-14)17-21-18(24-22-17)16-7-4-10-23(16)12-13-5-2-1-3-6-13/h1-3,5-6,8-9,11,16H,4,7,10,12H2. The van der Waals surface area contributed by atoms with Gasteiger partial charge in [-0.25, -0.2) is 9.37 Å². The second-order valence-electron chi connectivity index (χ2n) is 5.93. The molecule has 0 N–H and O–H groups in total. The summed E-state index contributed by atoms with van der Waals surface area (Å²) < 4.78 is 18.4. The molecule has 24 heavy (non-hydrogen) atoms. The Kier molecular flexibility index (Phi) is 4.04. The van der Waals surface area contributed by atoms with Gasteiger partial charge in [0.15, 0.2) is 0 Å². The largest absolute Gasteiger partial charge is 0.337 e. The third-order valence-electron chi connectivity index (χ3n) is 4.28. The van der Waals surface area contributed by atoms with Gasteiger partial charge in [-0.15, -0.1) is 0 Å². The molecule has 1 aliphatic rings. The average Bonchev–Trinajstić information content (AvgIpc) is 3.25. The zero-order chi connectivity index (χ0) is 16.4. The van der Waals surface area contributed by atoms with E-state index in [-0.39, 0.29) is 11.9 Å². The first-order valence-corrected chi connectivity index (χ1v) is 8.03. The number of rotatable bonds is 4. The third kappa shape index (κ3) is 3.05. The maximum Gasteiger partial charge on any atom is 0.244 e. The maximum absolute atomic E-state index is 13.0. The van der Waals surface area contributed by atoms with Crippen molar-refractivity contribution < 1.29 is 8.91 Å². The van der Waals surface area contributed by atoms with Crippen molar-refractivity contribution in [1.29, 1.82) is 0 Å². The first-order chi connectivity index (χ1) is 11.8. The smallest absolute Gasteiger partial charge is 0.244 e. The quantitative estimate of drug-likeness (QED) is 0.734. The molecule has 3 heterocycles. The lowest BCUT2D eigenvalue weighted by molar-refractivity contribution is 0.201. The molecule has 4 rings (SSSR count). The zero-order valence-electron chi connectivity index (χ0n) is 13.1. The summed E-state index contributed by atoms with van der Waals surface area (Å²) in [7, 11) is 0. The Morgan fingerprint density at radius 2 is 2.04 bits per heavy atom. The number of hydrogen-bond donors (Lipinski definition) is 0. The summed E-state index contributed by atoms with van der Waals surface area (Å²) in [6.07, 6.45) is 3.25. The van der Waals surface area contributed by atoms with Gasteiger partial charge in [0, 0.05) is 6.54 Å². The predicted octanol–water partition coefficient (Wildman–Crippen LogP) is 3.61. The van der Waals surface area contributed by atoms with E-state index in [1.165, 1.54) is 11.6 Å². The summed E-state index contributed by atoms with van der Waals surface area (Å²) in [5, 5.41) is 4.00. The van der Waals surface area contributed by atoms with Gasteiger partial charge >= 0.3 is 0 Å². The van der Waals surface area contributed by atoms with E-state index in [0.717, 1.165) is 32.1 Å². The van der Waals surface area contributed by atoms with Crippen molar-refractivity contribution in [3.63, 3.8) is 0 Å². The van der Waals surface area contributed by atoms with Crippen molar-refractivity contribution in [2.45, 2.75) is 25.4 Å². The molecule has 3 aromatic rings. The average molecular weight is 324 g/mol. The minimum absolute atomic E-state index is 0.118. The maximum atomic E-state index is 13.0. The second-order valence-corrected chi connectivity index (χ2v) is 5.93. The summed E-state index contributed by atoms with van der Waals surface area (Å²) in [5.41, 5.74) is 1.78. The zero-order valence-corrected chi connectivity index (χ0v) is 13.1. The van der Waals surface area contributed by atoms with Gasteiger partial charge in [-0.2, -0.15) is 4.98 Å². The molecule has 6 heteroatoms. The minimum atomic E-state index is -0.382. The molecule has 0 spiro atoms. The number of pyridine rings is 1. The lowest BCUT2D eigenvalue weighted by atomic mass is 10.2. The highest BCUT2D eigenvalue weighted by Crippen LogP contribution is 2.32. The van der Waals surface area contributed by atoms with Crippen LogP contribution < -0.4 is 0 Å². The number of benzene rings is 1. The van der Waals surface area contributed by atoms with Crippen molar-refractivity contribution in [1.82, 2.24) is 20.0 Å². The van der Waals surface area contributed by atoms with Crippen molar-refractivity contribution >= 4 is 0 Å². The molecule has 0 radical (unpaired) electrons. The van der Waals surface area contributed by atoms with Crippen LogP contribution in [0, 0.1) is 5.82 Å². The summed E-state index contributed by atoms with van der Waals surface area (Å²) in [6.45, 7) is 1.87. The fourth-order valence-electron chi connectivity index (χ4n) is 3.10. The third-order valence-corrected chi connectivity index (χ3v) is 4.28. The van der Waals surface area contributed by atoms with Gasteiger partial charge in [0.2, 0.25) is 11.7 Å². The van der Waals surface area contributed by atoms with Crippen molar-refractivity contribution in [2.75, 3.05) is 6.54 Å². The Labute approximate surface area is 139 Å². The van der Waals surface area contributed by atoms with Crippen LogP contribution in [0.5, 0.6) is 0 Å². The van der Waals surface area contributed by atoms with Gasteiger partial charge in [0.25, 0.3) is 0 Å². The summed E-state index contributed by atoms with van der Waals surface area (Å²) in [4.78, 5) is 10.8. The molecule has 0 saturated carbocycles. The Bertz CT molecular complexity index is 803. The van der Waals surface area contributed by atoms with Gasteiger partial charge in [0.1, 0.15) is 11.5 Å². The molecular formula is C18H17FN4O. The minimum Gasteiger partial charge on any atom is -0.337 e. The molecule has 0 amide bonds. The van der Waals surface area contributed by atoms with E-state index >= 15 is 0 Å². The Hall–Kier alpha value is -2.60. The molecular weight excluding hydrogens is 307 g/mol. The molecule has 0 aliphatic carbocycles. The molecule has 1 atom stereocenters. The normalized spacial score (nSPS) is 18.1. The number of aromatic nitrogens is 3.